The van der Waals surface area contributed by atoms with Crippen molar-refractivity contribution in [1.29, 1.82) is 0 Å². The molecule has 2 N–H and O–H groups in total. The Hall–Kier alpha value is -3.28. The van der Waals surface area contributed by atoms with Crippen LogP contribution in [0.5, 0.6) is 5.75 Å². The van der Waals surface area contributed by atoms with Crippen molar-refractivity contribution in [2.75, 3.05) is 13.7 Å². The van der Waals surface area contributed by atoms with Crippen LogP contribution in [0.2, 0.25) is 0 Å². The topological polar surface area (TPSA) is 74.4 Å². The van der Waals surface area contributed by atoms with E-state index in [0.717, 1.165) is 27.8 Å². The Bertz CT molecular complexity index is 1030. The fourth-order valence-electron chi connectivity index (χ4n) is 3.90. The number of carbonyl (C=O) groups is 2. The second-order valence-corrected chi connectivity index (χ2v) is 7.44. The van der Waals surface area contributed by atoms with Crippen LogP contribution in [-0.4, -0.2) is 35.4 Å². The molecule has 1 fully saturated rings. The molecule has 0 saturated carbocycles. The van der Waals surface area contributed by atoms with Crippen molar-refractivity contribution >= 4 is 22.7 Å². The van der Waals surface area contributed by atoms with E-state index < -0.39 is 0 Å². The first-order valence-electron chi connectivity index (χ1n) is 9.87. The molecule has 2 amide bonds. The average Bonchev–Trinajstić information content (AvgIpc) is 3.23. The number of aromatic amines is 1. The Labute approximate surface area is 169 Å². The number of piperidine rings is 1. The Morgan fingerprint density at radius 1 is 1.24 bits per heavy atom. The van der Waals surface area contributed by atoms with Crippen LogP contribution in [0, 0.1) is 5.92 Å². The van der Waals surface area contributed by atoms with Crippen molar-refractivity contribution in [2.24, 2.45) is 5.92 Å². The number of methoxy groups -OCH3 is 1. The van der Waals surface area contributed by atoms with Crippen LogP contribution < -0.4 is 10.1 Å². The van der Waals surface area contributed by atoms with Gasteiger partial charge < -0.3 is 19.9 Å². The number of benzene rings is 2. The maximum atomic E-state index is 12.8. The molecule has 4 rings (SSSR count). The molecule has 6 heteroatoms. The first-order valence-corrected chi connectivity index (χ1v) is 9.87. The van der Waals surface area contributed by atoms with Crippen molar-refractivity contribution in [3.63, 3.8) is 0 Å². The van der Waals surface area contributed by atoms with Crippen LogP contribution in [0.3, 0.4) is 0 Å². The highest BCUT2D eigenvalue weighted by Gasteiger charge is 2.30. The third kappa shape index (κ3) is 4.26. The van der Waals surface area contributed by atoms with Crippen molar-refractivity contribution in [3.05, 3.63) is 65.9 Å². The molecule has 0 spiro atoms. The predicted octanol–water partition coefficient (Wildman–Crippen LogP) is 3.23. The zero-order valence-electron chi connectivity index (χ0n) is 16.5. The van der Waals surface area contributed by atoms with Gasteiger partial charge in [-0.2, -0.15) is 0 Å². The third-order valence-electron chi connectivity index (χ3n) is 5.52. The van der Waals surface area contributed by atoms with Crippen LogP contribution >= 0.6 is 0 Å². The Morgan fingerprint density at radius 3 is 2.97 bits per heavy atom. The summed E-state index contributed by atoms with van der Waals surface area (Å²) in [5.41, 5.74) is 3.14. The van der Waals surface area contributed by atoms with Gasteiger partial charge in [0.1, 0.15) is 5.75 Å². The Morgan fingerprint density at radius 2 is 2.10 bits per heavy atom. The molecule has 2 heterocycles. The van der Waals surface area contributed by atoms with Gasteiger partial charge in [0, 0.05) is 43.2 Å². The molecule has 0 unspecified atom stereocenters. The standard InChI is InChI=1S/C23H25N3O3/c1-29-19-6-2-4-16(12-19)14-26-15-18(8-9-22(26)27)23(28)25-13-17-5-3-7-21-20(17)10-11-24-21/h2-7,10-12,18,24H,8-9,13-15H2,1H3,(H,25,28)/t18-/m0/s1. The highest BCUT2D eigenvalue weighted by molar-refractivity contribution is 5.85. The SMILES string of the molecule is COc1cccc(CN2C[C@@H](C(=O)NCc3cccc4[nH]ccc34)CCC2=O)c1. The second-order valence-electron chi connectivity index (χ2n) is 7.44. The molecule has 1 atom stereocenters. The van der Waals surface area contributed by atoms with E-state index in [0.29, 0.717) is 32.5 Å². The number of likely N-dealkylation sites (tertiary alicyclic amines) is 1. The van der Waals surface area contributed by atoms with Gasteiger partial charge in [-0.1, -0.05) is 24.3 Å². The minimum absolute atomic E-state index is 0.000631. The van der Waals surface area contributed by atoms with Crippen LogP contribution in [-0.2, 0) is 22.7 Å². The first-order chi connectivity index (χ1) is 14.1. The molecule has 6 nitrogen and oxygen atoms in total. The summed E-state index contributed by atoms with van der Waals surface area (Å²) in [6.07, 6.45) is 2.89. The summed E-state index contributed by atoms with van der Waals surface area (Å²) in [6.45, 7) is 1.41. The van der Waals surface area contributed by atoms with E-state index in [1.807, 2.05) is 54.7 Å². The minimum atomic E-state index is -0.191. The summed E-state index contributed by atoms with van der Waals surface area (Å²) in [7, 11) is 1.62. The summed E-state index contributed by atoms with van der Waals surface area (Å²) in [5.74, 6) is 0.665. The first kappa shape index (κ1) is 19.1. The molecule has 1 aliphatic heterocycles. The number of nitrogens with one attached hydrogen (secondary N) is 2. The lowest BCUT2D eigenvalue weighted by Crippen LogP contribution is -2.45. The largest absolute Gasteiger partial charge is 0.497 e. The summed E-state index contributed by atoms with van der Waals surface area (Å²) >= 11 is 0. The van der Waals surface area contributed by atoms with E-state index in [1.54, 1.807) is 12.0 Å². The maximum Gasteiger partial charge on any atom is 0.225 e. The van der Waals surface area contributed by atoms with Gasteiger partial charge in [-0.15, -0.1) is 0 Å². The van der Waals surface area contributed by atoms with Crippen LogP contribution in [0.15, 0.2) is 54.7 Å². The van der Waals surface area contributed by atoms with Crippen LogP contribution in [0.4, 0.5) is 0 Å². The number of carbonyl (C=O) groups excluding carboxylic acids is 2. The molecule has 29 heavy (non-hydrogen) atoms. The van der Waals surface area contributed by atoms with Crippen LogP contribution in [0.25, 0.3) is 10.9 Å². The summed E-state index contributed by atoms with van der Waals surface area (Å²) in [4.78, 5) is 30.1. The van der Waals surface area contributed by atoms with E-state index in [9.17, 15) is 9.59 Å². The summed E-state index contributed by atoms with van der Waals surface area (Å²) in [6, 6.07) is 15.7. The molecular formula is C23H25N3O3. The van der Waals surface area contributed by atoms with Crippen molar-refractivity contribution in [3.8, 4) is 5.75 Å². The summed E-state index contributed by atoms with van der Waals surface area (Å²) < 4.78 is 5.26. The molecule has 1 saturated heterocycles. The quantitative estimate of drug-likeness (QED) is 0.677. The summed E-state index contributed by atoms with van der Waals surface area (Å²) in [5, 5.41) is 4.17. The lowest BCUT2D eigenvalue weighted by atomic mass is 9.96. The monoisotopic (exact) mass is 391 g/mol. The molecule has 1 aliphatic rings. The van der Waals surface area contributed by atoms with Crippen LogP contribution in [0.1, 0.15) is 24.0 Å². The number of fused-ring (bicyclic) bond motifs is 1. The number of hydrogen-bond donors (Lipinski definition) is 2. The normalized spacial score (nSPS) is 16.8. The number of H-pyrrole nitrogens is 1. The van der Waals surface area contributed by atoms with Gasteiger partial charge in [-0.25, -0.2) is 0 Å². The second kappa shape index (κ2) is 8.39. The number of aromatic nitrogens is 1. The van der Waals surface area contributed by atoms with Gasteiger partial charge in [0.05, 0.1) is 13.0 Å². The Balaban J connectivity index is 1.38. The lowest BCUT2D eigenvalue weighted by molar-refractivity contribution is -0.139. The zero-order chi connectivity index (χ0) is 20.2. The smallest absolute Gasteiger partial charge is 0.225 e. The van der Waals surface area contributed by atoms with Gasteiger partial charge >= 0.3 is 0 Å². The van der Waals surface area contributed by atoms with Crippen molar-refractivity contribution in [1.82, 2.24) is 15.2 Å². The van der Waals surface area contributed by atoms with E-state index in [2.05, 4.69) is 10.3 Å². The fourth-order valence-corrected chi connectivity index (χ4v) is 3.90. The van der Waals surface area contributed by atoms with E-state index in [-0.39, 0.29) is 17.7 Å². The van der Waals surface area contributed by atoms with Gasteiger partial charge in [0.15, 0.2) is 0 Å². The highest BCUT2D eigenvalue weighted by Crippen LogP contribution is 2.22. The van der Waals surface area contributed by atoms with Crippen molar-refractivity contribution < 1.29 is 14.3 Å². The molecular weight excluding hydrogens is 366 g/mol. The molecule has 0 bridgehead atoms. The molecule has 1 aromatic heterocycles. The van der Waals surface area contributed by atoms with Gasteiger partial charge in [-0.3, -0.25) is 9.59 Å². The average molecular weight is 391 g/mol. The van der Waals surface area contributed by atoms with Gasteiger partial charge in [0.2, 0.25) is 11.8 Å². The fraction of sp³-hybridized carbons (Fsp3) is 0.304. The molecule has 2 aromatic carbocycles. The zero-order valence-corrected chi connectivity index (χ0v) is 16.5. The van der Waals surface area contributed by atoms with Crippen molar-refractivity contribution in [2.45, 2.75) is 25.9 Å². The minimum Gasteiger partial charge on any atom is -0.497 e. The number of rotatable bonds is 6. The van der Waals surface area contributed by atoms with E-state index >= 15 is 0 Å². The molecule has 3 aromatic rings. The van der Waals surface area contributed by atoms with Gasteiger partial charge in [0.25, 0.3) is 0 Å². The number of nitrogens with zero attached hydrogens (tertiary/aromatic N) is 1. The lowest BCUT2D eigenvalue weighted by Gasteiger charge is -2.32. The number of hydrogen-bond acceptors (Lipinski definition) is 3. The predicted molar refractivity (Wildman–Crippen MR) is 111 cm³/mol. The number of ether oxygens (including phenoxy) is 1. The van der Waals surface area contributed by atoms with E-state index in [1.165, 1.54) is 0 Å². The number of amides is 2. The maximum absolute atomic E-state index is 12.8. The third-order valence-corrected chi connectivity index (χ3v) is 5.52. The molecule has 150 valence electrons. The van der Waals surface area contributed by atoms with Gasteiger partial charge in [-0.05, 0) is 41.8 Å². The molecule has 0 aliphatic carbocycles. The molecule has 0 radical (unpaired) electrons. The van der Waals surface area contributed by atoms with E-state index in [4.69, 9.17) is 4.74 Å². The highest BCUT2D eigenvalue weighted by atomic mass is 16.5. The Kier molecular flexibility index (Phi) is 5.51.